The van der Waals surface area contributed by atoms with Crippen molar-refractivity contribution in [3.63, 3.8) is 0 Å². The van der Waals surface area contributed by atoms with Crippen LogP contribution in [0, 0.1) is 0 Å². The lowest BCUT2D eigenvalue weighted by Gasteiger charge is -2.02. The minimum absolute atomic E-state index is 0.817. The van der Waals surface area contributed by atoms with Gasteiger partial charge in [0.2, 0.25) is 0 Å². The second-order valence-electron chi connectivity index (χ2n) is 2.86. The van der Waals surface area contributed by atoms with E-state index in [0.717, 1.165) is 37.0 Å². The molecule has 0 saturated heterocycles. The SMILES string of the molecule is COCCSCCNCc1ccco1. The summed E-state index contributed by atoms with van der Waals surface area (Å²) in [7, 11) is 1.73. The van der Waals surface area contributed by atoms with Crippen molar-refractivity contribution in [2.75, 3.05) is 31.8 Å². The van der Waals surface area contributed by atoms with Crippen molar-refractivity contribution in [1.29, 1.82) is 0 Å². The van der Waals surface area contributed by atoms with E-state index in [-0.39, 0.29) is 0 Å². The lowest BCUT2D eigenvalue weighted by molar-refractivity contribution is 0.218. The molecule has 4 heteroatoms. The molecule has 0 aliphatic rings. The van der Waals surface area contributed by atoms with Crippen molar-refractivity contribution in [2.45, 2.75) is 6.54 Å². The molecule has 3 nitrogen and oxygen atoms in total. The van der Waals surface area contributed by atoms with Gasteiger partial charge in [-0.15, -0.1) is 0 Å². The minimum atomic E-state index is 0.817. The smallest absolute Gasteiger partial charge is 0.117 e. The summed E-state index contributed by atoms with van der Waals surface area (Å²) in [5, 5.41) is 3.31. The van der Waals surface area contributed by atoms with Gasteiger partial charge in [-0.2, -0.15) is 11.8 Å². The second-order valence-corrected chi connectivity index (χ2v) is 4.09. The van der Waals surface area contributed by atoms with Gasteiger partial charge in [-0.05, 0) is 12.1 Å². The van der Waals surface area contributed by atoms with Gasteiger partial charge in [0, 0.05) is 25.2 Å². The van der Waals surface area contributed by atoms with Crippen LogP contribution in [-0.4, -0.2) is 31.8 Å². The third kappa shape index (κ3) is 5.32. The number of rotatable bonds is 8. The Kier molecular flexibility index (Phi) is 6.57. The Morgan fingerprint density at radius 3 is 3.14 bits per heavy atom. The minimum Gasteiger partial charge on any atom is -0.468 e. The highest BCUT2D eigenvalue weighted by Gasteiger charge is 1.94. The summed E-state index contributed by atoms with van der Waals surface area (Å²) in [5.41, 5.74) is 0. The zero-order valence-electron chi connectivity index (χ0n) is 8.49. The first-order chi connectivity index (χ1) is 6.93. The van der Waals surface area contributed by atoms with Gasteiger partial charge in [0.15, 0.2) is 0 Å². The third-order valence-electron chi connectivity index (χ3n) is 1.73. The lowest BCUT2D eigenvalue weighted by atomic mass is 10.4. The molecule has 1 heterocycles. The van der Waals surface area contributed by atoms with Crippen LogP contribution in [0.4, 0.5) is 0 Å². The van der Waals surface area contributed by atoms with Gasteiger partial charge in [0.1, 0.15) is 5.76 Å². The molecule has 1 N–H and O–H groups in total. The first-order valence-corrected chi connectivity index (χ1v) is 5.88. The zero-order valence-corrected chi connectivity index (χ0v) is 9.31. The topological polar surface area (TPSA) is 34.4 Å². The molecule has 0 spiro atoms. The maximum absolute atomic E-state index is 5.19. The summed E-state index contributed by atoms with van der Waals surface area (Å²) in [6.07, 6.45) is 1.70. The van der Waals surface area contributed by atoms with E-state index in [2.05, 4.69) is 5.32 Å². The molecular weight excluding hydrogens is 198 g/mol. The maximum Gasteiger partial charge on any atom is 0.117 e. The number of furan rings is 1. The van der Waals surface area contributed by atoms with Crippen LogP contribution in [-0.2, 0) is 11.3 Å². The van der Waals surface area contributed by atoms with Crippen molar-refractivity contribution >= 4 is 11.8 Å². The number of hydrogen-bond donors (Lipinski definition) is 1. The highest BCUT2D eigenvalue weighted by molar-refractivity contribution is 7.99. The van der Waals surface area contributed by atoms with Crippen LogP contribution in [0.5, 0.6) is 0 Å². The predicted octanol–water partition coefficient (Wildman–Crippen LogP) is 1.75. The Hall–Kier alpha value is -0.450. The van der Waals surface area contributed by atoms with E-state index in [0.29, 0.717) is 0 Å². The average molecular weight is 215 g/mol. The van der Waals surface area contributed by atoms with Crippen molar-refractivity contribution in [2.24, 2.45) is 0 Å². The summed E-state index contributed by atoms with van der Waals surface area (Å²) in [4.78, 5) is 0. The standard InChI is InChI=1S/C10H17NO2S/c1-12-6-8-14-7-4-11-9-10-3-2-5-13-10/h2-3,5,11H,4,6-9H2,1H3. The molecule has 0 unspecified atom stereocenters. The van der Waals surface area contributed by atoms with E-state index in [1.54, 1.807) is 13.4 Å². The largest absolute Gasteiger partial charge is 0.468 e. The molecule has 0 radical (unpaired) electrons. The van der Waals surface area contributed by atoms with Gasteiger partial charge in [0.25, 0.3) is 0 Å². The van der Waals surface area contributed by atoms with Crippen LogP contribution < -0.4 is 5.32 Å². The molecule has 1 rings (SSSR count). The van der Waals surface area contributed by atoms with Gasteiger partial charge in [0.05, 0.1) is 19.4 Å². The van der Waals surface area contributed by atoms with Crippen LogP contribution in [0.15, 0.2) is 22.8 Å². The van der Waals surface area contributed by atoms with E-state index < -0.39 is 0 Å². The first-order valence-electron chi connectivity index (χ1n) is 4.73. The molecule has 0 fully saturated rings. The zero-order chi connectivity index (χ0) is 10.1. The van der Waals surface area contributed by atoms with Crippen molar-refractivity contribution < 1.29 is 9.15 Å². The quantitative estimate of drug-likeness (QED) is 0.670. The molecule has 80 valence electrons. The summed E-state index contributed by atoms with van der Waals surface area (Å²) >= 11 is 1.90. The number of ether oxygens (including phenoxy) is 1. The molecule has 0 aliphatic carbocycles. The molecule has 0 bridgehead atoms. The normalized spacial score (nSPS) is 10.6. The Balaban J connectivity index is 1.85. The average Bonchev–Trinajstić information content (AvgIpc) is 2.69. The van der Waals surface area contributed by atoms with Gasteiger partial charge >= 0.3 is 0 Å². The molecule has 0 aliphatic heterocycles. The Labute approximate surface area is 89.2 Å². The van der Waals surface area contributed by atoms with Gasteiger partial charge in [-0.3, -0.25) is 0 Å². The van der Waals surface area contributed by atoms with Crippen LogP contribution >= 0.6 is 11.8 Å². The Morgan fingerprint density at radius 2 is 2.43 bits per heavy atom. The first kappa shape index (κ1) is 11.6. The van der Waals surface area contributed by atoms with Gasteiger partial charge in [-0.25, -0.2) is 0 Å². The van der Waals surface area contributed by atoms with Crippen molar-refractivity contribution in [3.8, 4) is 0 Å². The summed E-state index contributed by atoms with van der Waals surface area (Å²) in [6, 6.07) is 3.88. The van der Waals surface area contributed by atoms with Gasteiger partial charge < -0.3 is 14.5 Å². The van der Waals surface area contributed by atoms with Crippen LogP contribution in [0.25, 0.3) is 0 Å². The molecule has 1 aromatic rings. The monoisotopic (exact) mass is 215 g/mol. The molecule has 0 aromatic carbocycles. The fourth-order valence-corrected chi connectivity index (χ4v) is 1.79. The number of methoxy groups -OCH3 is 1. The van der Waals surface area contributed by atoms with Crippen molar-refractivity contribution in [3.05, 3.63) is 24.2 Å². The number of hydrogen-bond acceptors (Lipinski definition) is 4. The van der Waals surface area contributed by atoms with E-state index in [9.17, 15) is 0 Å². The summed E-state index contributed by atoms with van der Waals surface area (Å²) in [5.74, 6) is 3.18. The highest BCUT2D eigenvalue weighted by atomic mass is 32.2. The highest BCUT2D eigenvalue weighted by Crippen LogP contribution is 2.00. The third-order valence-corrected chi connectivity index (χ3v) is 2.68. The van der Waals surface area contributed by atoms with E-state index in [1.807, 2.05) is 23.9 Å². The van der Waals surface area contributed by atoms with Crippen LogP contribution in [0.1, 0.15) is 5.76 Å². The molecule has 0 amide bonds. The van der Waals surface area contributed by atoms with E-state index in [4.69, 9.17) is 9.15 Å². The fourth-order valence-electron chi connectivity index (χ4n) is 1.01. The molecule has 14 heavy (non-hydrogen) atoms. The second kappa shape index (κ2) is 7.91. The van der Waals surface area contributed by atoms with E-state index in [1.165, 1.54) is 0 Å². The fraction of sp³-hybridized carbons (Fsp3) is 0.600. The van der Waals surface area contributed by atoms with Crippen LogP contribution in [0.2, 0.25) is 0 Å². The number of thioether (sulfide) groups is 1. The van der Waals surface area contributed by atoms with E-state index >= 15 is 0 Å². The number of nitrogens with one attached hydrogen (secondary N) is 1. The molecule has 0 atom stereocenters. The Morgan fingerprint density at radius 1 is 1.50 bits per heavy atom. The summed E-state index contributed by atoms with van der Waals surface area (Å²) in [6.45, 7) is 2.66. The van der Waals surface area contributed by atoms with Crippen LogP contribution in [0.3, 0.4) is 0 Å². The molecule has 1 aromatic heterocycles. The maximum atomic E-state index is 5.19. The lowest BCUT2D eigenvalue weighted by Crippen LogP contribution is -2.16. The van der Waals surface area contributed by atoms with Gasteiger partial charge in [-0.1, -0.05) is 0 Å². The molecule has 0 saturated carbocycles. The Bertz CT molecular complexity index is 214. The summed E-state index contributed by atoms with van der Waals surface area (Å²) < 4.78 is 10.1. The molecular formula is C10H17NO2S. The van der Waals surface area contributed by atoms with Crippen molar-refractivity contribution in [1.82, 2.24) is 5.32 Å². The predicted molar refractivity (Wildman–Crippen MR) is 59.6 cm³/mol.